The Balaban J connectivity index is 1.56. The second-order valence-corrected chi connectivity index (χ2v) is 5.07. The average molecular weight is 266 g/mol. The smallest absolute Gasteiger partial charge is 0.228 e. The van der Waals surface area contributed by atoms with E-state index in [2.05, 4.69) is 20.8 Å². The van der Waals surface area contributed by atoms with Gasteiger partial charge in [-0.05, 0) is 45.2 Å². The van der Waals surface area contributed by atoms with Crippen LogP contribution in [0.2, 0.25) is 0 Å². The molecule has 0 saturated carbocycles. The summed E-state index contributed by atoms with van der Waals surface area (Å²) in [7, 11) is 0. The molecule has 19 heavy (non-hydrogen) atoms. The van der Waals surface area contributed by atoms with Crippen LogP contribution in [0.5, 0.6) is 0 Å². The van der Waals surface area contributed by atoms with Crippen LogP contribution in [0.3, 0.4) is 0 Å². The van der Waals surface area contributed by atoms with E-state index in [0.717, 1.165) is 19.5 Å². The predicted octanol–water partition coefficient (Wildman–Crippen LogP) is 0.817. The molecule has 6 heteroatoms. The molecule has 2 N–H and O–H groups in total. The van der Waals surface area contributed by atoms with E-state index in [1.54, 1.807) is 6.92 Å². The number of aryl methyl sites for hydroxylation is 1. The molecular formula is C13H22N4O2. The third kappa shape index (κ3) is 4.98. The van der Waals surface area contributed by atoms with Gasteiger partial charge in [0.15, 0.2) is 5.82 Å². The summed E-state index contributed by atoms with van der Waals surface area (Å²) in [6, 6.07) is 0. The zero-order chi connectivity index (χ0) is 13.5. The number of hydrogen-bond donors (Lipinski definition) is 2. The Labute approximate surface area is 113 Å². The van der Waals surface area contributed by atoms with Gasteiger partial charge in [-0.15, -0.1) is 0 Å². The van der Waals surface area contributed by atoms with Gasteiger partial charge in [0.2, 0.25) is 11.8 Å². The first kappa shape index (κ1) is 14.0. The molecule has 2 rings (SSSR count). The summed E-state index contributed by atoms with van der Waals surface area (Å²) in [5, 5.41) is 9.94. The number of nitrogens with one attached hydrogen (secondary N) is 2. The Kier molecular flexibility index (Phi) is 5.32. The second kappa shape index (κ2) is 7.23. The van der Waals surface area contributed by atoms with E-state index in [1.807, 2.05) is 0 Å². The van der Waals surface area contributed by atoms with Crippen LogP contribution in [0.25, 0.3) is 0 Å². The topological polar surface area (TPSA) is 80.0 Å². The molecule has 1 aliphatic rings. The minimum atomic E-state index is 0.120. The fraction of sp³-hybridized carbons (Fsp3) is 0.769. The lowest BCUT2D eigenvalue weighted by Gasteiger charge is -2.22. The van der Waals surface area contributed by atoms with Crippen molar-refractivity contribution in [3.63, 3.8) is 0 Å². The Morgan fingerprint density at radius 2 is 2.26 bits per heavy atom. The first-order valence-electron chi connectivity index (χ1n) is 7.00. The minimum absolute atomic E-state index is 0.120. The first-order chi connectivity index (χ1) is 9.24. The third-order valence-corrected chi connectivity index (χ3v) is 3.47. The molecule has 1 aromatic heterocycles. The molecule has 1 saturated heterocycles. The maximum atomic E-state index is 11.7. The maximum Gasteiger partial charge on any atom is 0.228 e. The summed E-state index contributed by atoms with van der Waals surface area (Å²) in [4.78, 5) is 15.8. The third-order valence-electron chi connectivity index (χ3n) is 3.47. The highest BCUT2D eigenvalue weighted by atomic mass is 16.5. The molecule has 0 aromatic carbocycles. The molecule has 2 heterocycles. The first-order valence-corrected chi connectivity index (χ1v) is 7.00. The number of amides is 1. The highest BCUT2D eigenvalue weighted by molar-refractivity contribution is 5.75. The van der Waals surface area contributed by atoms with E-state index in [-0.39, 0.29) is 5.91 Å². The molecule has 0 aliphatic carbocycles. The molecule has 0 bridgehead atoms. The molecule has 0 unspecified atom stereocenters. The highest BCUT2D eigenvalue weighted by Crippen LogP contribution is 2.17. The van der Waals surface area contributed by atoms with Crippen molar-refractivity contribution in [2.24, 2.45) is 5.92 Å². The standard InChI is InChI=1S/C13H22N4O2/c1-10-16-13(19-17-10)6-9-15-12(18)3-2-11-4-7-14-8-5-11/h11,14H,2-9H2,1H3,(H,15,18). The zero-order valence-electron chi connectivity index (χ0n) is 11.4. The van der Waals surface area contributed by atoms with Crippen LogP contribution in [-0.4, -0.2) is 35.7 Å². The zero-order valence-corrected chi connectivity index (χ0v) is 11.4. The number of carbonyl (C=O) groups is 1. The quantitative estimate of drug-likeness (QED) is 0.796. The van der Waals surface area contributed by atoms with Crippen molar-refractivity contribution in [1.82, 2.24) is 20.8 Å². The van der Waals surface area contributed by atoms with Gasteiger partial charge in [-0.25, -0.2) is 0 Å². The number of piperidine rings is 1. The van der Waals surface area contributed by atoms with Gasteiger partial charge in [0.25, 0.3) is 0 Å². The van der Waals surface area contributed by atoms with Gasteiger partial charge in [0.1, 0.15) is 0 Å². The summed E-state index contributed by atoms with van der Waals surface area (Å²) < 4.78 is 4.98. The summed E-state index contributed by atoms with van der Waals surface area (Å²) >= 11 is 0. The van der Waals surface area contributed by atoms with Gasteiger partial charge < -0.3 is 15.2 Å². The van der Waals surface area contributed by atoms with Gasteiger partial charge >= 0.3 is 0 Å². The van der Waals surface area contributed by atoms with Gasteiger partial charge in [0, 0.05) is 19.4 Å². The van der Waals surface area contributed by atoms with E-state index in [4.69, 9.17) is 4.52 Å². The molecule has 1 aliphatic heterocycles. The van der Waals surface area contributed by atoms with Gasteiger partial charge in [0.05, 0.1) is 0 Å². The Morgan fingerprint density at radius 1 is 1.47 bits per heavy atom. The van der Waals surface area contributed by atoms with Crippen LogP contribution >= 0.6 is 0 Å². The molecule has 106 valence electrons. The molecule has 0 atom stereocenters. The molecule has 0 radical (unpaired) electrons. The molecule has 1 fully saturated rings. The average Bonchev–Trinajstić information content (AvgIpc) is 2.83. The number of hydrogen-bond acceptors (Lipinski definition) is 5. The van der Waals surface area contributed by atoms with E-state index < -0.39 is 0 Å². The van der Waals surface area contributed by atoms with Crippen molar-refractivity contribution >= 4 is 5.91 Å². The van der Waals surface area contributed by atoms with E-state index in [9.17, 15) is 4.79 Å². The van der Waals surface area contributed by atoms with Crippen molar-refractivity contribution in [3.8, 4) is 0 Å². The molecule has 6 nitrogen and oxygen atoms in total. The van der Waals surface area contributed by atoms with Gasteiger partial charge in [-0.3, -0.25) is 4.79 Å². The molecule has 0 spiro atoms. The maximum absolute atomic E-state index is 11.7. The normalized spacial score (nSPS) is 16.5. The van der Waals surface area contributed by atoms with Crippen LogP contribution in [0.1, 0.15) is 37.4 Å². The lowest BCUT2D eigenvalue weighted by Crippen LogP contribution is -2.30. The highest BCUT2D eigenvalue weighted by Gasteiger charge is 2.14. The van der Waals surface area contributed by atoms with Crippen molar-refractivity contribution < 1.29 is 9.32 Å². The lowest BCUT2D eigenvalue weighted by molar-refractivity contribution is -0.121. The van der Waals surface area contributed by atoms with Crippen LogP contribution < -0.4 is 10.6 Å². The number of nitrogens with zero attached hydrogens (tertiary/aromatic N) is 2. The minimum Gasteiger partial charge on any atom is -0.356 e. The largest absolute Gasteiger partial charge is 0.356 e. The van der Waals surface area contributed by atoms with Gasteiger partial charge in [-0.1, -0.05) is 5.16 Å². The molecule has 1 aromatic rings. The monoisotopic (exact) mass is 266 g/mol. The van der Waals surface area contributed by atoms with Crippen LogP contribution in [0.4, 0.5) is 0 Å². The van der Waals surface area contributed by atoms with Crippen molar-refractivity contribution in [3.05, 3.63) is 11.7 Å². The number of rotatable bonds is 6. The Morgan fingerprint density at radius 3 is 2.95 bits per heavy atom. The van der Waals surface area contributed by atoms with E-state index >= 15 is 0 Å². The fourth-order valence-corrected chi connectivity index (χ4v) is 2.34. The second-order valence-electron chi connectivity index (χ2n) is 5.07. The van der Waals surface area contributed by atoms with Crippen molar-refractivity contribution in [1.29, 1.82) is 0 Å². The fourth-order valence-electron chi connectivity index (χ4n) is 2.34. The number of carbonyl (C=O) groups excluding carboxylic acids is 1. The van der Waals surface area contributed by atoms with E-state index in [1.165, 1.54) is 12.8 Å². The Bertz CT molecular complexity index is 399. The van der Waals surface area contributed by atoms with Crippen LogP contribution in [0, 0.1) is 12.8 Å². The van der Waals surface area contributed by atoms with E-state index in [0.29, 0.717) is 37.0 Å². The predicted molar refractivity (Wildman–Crippen MR) is 70.6 cm³/mol. The SMILES string of the molecule is Cc1noc(CCNC(=O)CCC2CCNCC2)n1. The van der Waals surface area contributed by atoms with Crippen molar-refractivity contribution in [2.45, 2.75) is 39.0 Å². The van der Waals surface area contributed by atoms with Crippen LogP contribution in [-0.2, 0) is 11.2 Å². The summed E-state index contributed by atoms with van der Waals surface area (Å²) in [5.41, 5.74) is 0. The van der Waals surface area contributed by atoms with Crippen LogP contribution in [0.15, 0.2) is 4.52 Å². The Hall–Kier alpha value is -1.43. The summed E-state index contributed by atoms with van der Waals surface area (Å²) in [5.74, 6) is 2.03. The molecule has 1 amide bonds. The van der Waals surface area contributed by atoms with Gasteiger partial charge in [-0.2, -0.15) is 4.98 Å². The summed E-state index contributed by atoms with van der Waals surface area (Å²) in [6.07, 6.45) is 4.59. The lowest BCUT2D eigenvalue weighted by atomic mass is 9.93. The molecular weight excluding hydrogens is 244 g/mol. The summed E-state index contributed by atoms with van der Waals surface area (Å²) in [6.45, 7) is 4.52. The van der Waals surface area contributed by atoms with Crippen molar-refractivity contribution in [2.75, 3.05) is 19.6 Å². The number of aromatic nitrogens is 2.